The molecule has 1 aliphatic rings. The molecule has 0 radical (unpaired) electrons. The molecule has 1 aliphatic heterocycles. The number of benzene rings is 7. The molecule has 7 aromatic carbocycles. The largest absolute Gasteiger partial charge is 0.456 e. The van der Waals surface area contributed by atoms with Crippen LogP contribution in [0.15, 0.2) is 184 Å². The van der Waals surface area contributed by atoms with E-state index in [2.05, 4.69) is 126 Å². The Morgan fingerprint density at radius 3 is 2.00 bits per heavy atom. The second-order valence-corrected chi connectivity index (χ2v) is 12.6. The van der Waals surface area contributed by atoms with E-state index in [-0.39, 0.29) is 6.17 Å². The van der Waals surface area contributed by atoms with Crippen LogP contribution in [-0.2, 0) is 0 Å². The molecule has 0 saturated heterocycles. The summed E-state index contributed by atoms with van der Waals surface area (Å²) in [6.45, 7) is 0. The molecular weight excluding hydrogens is 613 g/mol. The van der Waals surface area contributed by atoms with Gasteiger partial charge in [-0.2, -0.15) is 0 Å². The van der Waals surface area contributed by atoms with Crippen molar-refractivity contribution in [1.29, 1.82) is 0 Å². The Morgan fingerprint density at radius 1 is 0.480 bits per heavy atom. The molecule has 10 rings (SSSR count). The summed E-state index contributed by atoms with van der Waals surface area (Å²) in [4.78, 5) is 9.87. The minimum Gasteiger partial charge on any atom is -0.456 e. The fraction of sp³-hybridized carbons (Fsp3) is 0.0222. The van der Waals surface area contributed by atoms with Gasteiger partial charge < -0.3 is 19.3 Å². The van der Waals surface area contributed by atoms with Gasteiger partial charge in [-0.05, 0) is 76.3 Å². The lowest BCUT2D eigenvalue weighted by Gasteiger charge is -2.32. The van der Waals surface area contributed by atoms with Gasteiger partial charge in [-0.1, -0.05) is 127 Å². The van der Waals surface area contributed by atoms with Gasteiger partial charge in [0, 0.05) is 27.2 Å². The van der Waals surface area contributed by atoms with Gasteiger partial charge in [0.2, 0.25) is 0 Å². The van der Waals surface area contributed by atoms with Crippen molar-refractivity contribution >= 4 is 55.4 Å². The van der Waals surface area contributed by atoms with Gasteiger partial charge in [-0.15, -0.1) is 0 Å². The molecule has 0 saturated carbocycles. The summed E-state index contributed by atoms with van der Waals surface area (Å²) >= 11 is 0. The van der Waals surface area contributed by atoms with Crippen LogP contribution in [0.4, 0.5) is 0 Å². The van der Waals surface area contributed by atoms with Crippen molar-refractivity contribution < 1.29 is 4.42 Å². The number of hydrogen-bond donors (Lipinski definition) is 0. The fourth-order valence-corrected chi connectivity index (χ4v) is 7.16. The topological polar surface area (TPSA) is 56.9 Å². The Bertz CT molecular complexity index is 2780. The number of furan rings is 1. The molecule has 0 bridgehead atoms. The standard InChI is InChI=1S/C45H29N4O/c1-4-12-29(13-5-1)32-21-24-40-37(26-32)35-18-10-11-19-39(35)49(40)34-22-25-41-38(28-34)36-23-20-33(27-42(36)50-41)45-47-43(30-14-6-2-7-15-30)46-44(48-45)31-16-8-3-9-17-31/h1-28,43H/q-1. The van der Waals surface area contributed by atoms with Crippen LogP contribution in [-0.4, -0.2) is 16.2 Å². The van der Waals surface area contributed by atoms with Crippen molar-refractivity contribution in [3.05, 3.63) is 192 Å². The van der Waals surface area contributed by atoms with E-state index in [0.717, 1.165) is 44.3 Å². The summed E-state index contributed by atoms with van der Waals surface area (Å²) in [6, 6.07) is 59.0. The first-order valence-corrected chi connectivity index (χ1v) is 16.8. The van der Waals surface area contributed by atoms with Crippen molar-refractivity contribution in [3.63, 3.8) is 0 Å². The zero-order valence-corrected chi connectivity index (χ0v) is 26.9. The average Bonchev–Trinajstić information content (AvgIpc) is 3.73. The summed E-state index contributed by atoms with van der Waals surface area (Å²) in [5.74, 6) is 1.30. The number of amidine groups is 2. The molecule has 0 N–H and O–H groups in total. The first kappa shape index (κ1) is 28.3. The smallest absolute Gasteiger partial charge is 0.136 e. The molecule has 9 aromatic rings. The summed E-state index contributed by atoms with van der Waals surface area (Å²) in [7, 11) is 0. The van der Waals surface area contributed by atoms with Gasteiger partial charge in [0.15, 0.2) is 0 Å². The SMILES string of the molecule is c1ccc(C2=NC(c3ccccc3)[N-]C(c3ccc4c(c3)oc3ccc(-n5c6ccccc6c6cc(-c7ccccc7)ccc65)cc34)=N2)cc1. The highest BCUT2D eigenvalue weighted by molar-refractivity contribution is 6.20. The van der Waals surface area contributed by atoms with Crippen LogP contribution < -0.4 is 0 Å². The van der Waals surface area contributed by atoms with E-state index in [1.807, 2.05) is 48.5 Å². The molecule has 1 atom stereocenters. The van der Waals surface area contributed by atoms with Gasteiger partial charge in [0.1, 0.15) is 11.2 Å². The lowest BCUT2D eigenvalue weighted by Crippen LogP contribution is -2.15. The highest BCUT2D eigenvalue weighted by Gasteiger charge is 2.17. The Labute approximate surface area is 288 Å². The zero-order valence-electron chi connectivity index (χ0n) is 26.9. The monoisotopic (exact) mass is 641 g/mol. The van der Waals surface area contributed by atoms with Crippen LogP contribution in [0.5, 0.6) is 0 Å². The predicted octanol–water partition coefficient (Wildman–Crippen LogP) is 11.6. The number of aromatic nitrogens is 1. The van der Waals surface area contributed by atoms with E-state index in [9.17, 15) is 0 Å². The molecule has 0 aliphatic carbocycles. The molecule has 3 heterocycles. The third-order valence-corrected chi connectivity index (χ3v) is 9.58. The molecule has 5 nitrogen and oxygen atoms in total. The second-order valence-electron chi connectivity index (χ2n) is 12.6. The first-order chi connectivity index (χ1) is 24.8. The van der Waals surface area contributed by atoms with Crippen LogP contribution in [0.2, 0.25) is 0 Å². The van der Waals surface area contributed by atoms with E-state index in [1.54, 1.807) is 0 Å². The van der Waals surface area contributed by atoms with Crippen molar-refractivity contribution in [1.82, 2.24) is 4.57 Å². The van der Waals surface area contributed by atoms with Crippen molar-refractivity contribution in [2.24, 2.45) is 9.98 Å². The summed E-state index contributed by atoms with van der Waals surface area (Å²) in [5.41, 5.74) is 10.3. The molecule has 0 amide bonds. The van der Waals surface area contributed by atoms with E-state index >= 15 is 0 Å². The number of hydrogen-bond acceptors (Lipinski definition) is 3. The summed E-state index contributed by atoms with van der Waals surface area (Å²) in [6.07, 6.45) is -0.386. The maximum atomic E-state index is 6.48. The molecular formula is C45H29N4O-. The lowest BCUT2D eigenvalue weighted by atomic mass is 10.0. The molecule has 0 fully saturated rings. The van der Waals surface area contributed by atoms with Gasteiger partial charge in [0.25, 0.3) is 0 Å². The first-order valence-electron chi connectivity index (χ1n) is 16.8. The van der Waals surface area contributed by atoms with Gasteiger partial charge in [-0.25, -0.2) is 0 Å². The number of fused-ring (bicyclic) bond motifs is 6. The third-order valence-electron chi connectivity index (χ3n) is 9.58. The van der Waals surface area contributed by atoms with E-state index < -0.39 is 0 Å². The van der Waals surface area contributed by atoms with E-state index in [1.165, 1.54) is 32.9 Å². The fourth-order valence-electron chi connectivity index (χ4n) is 7.16. The lowest BCUT2D eigenvalue weighted by molar-refractivity contribution is 0.669. The van der Waals surface area contributed by atoms with Crippen molar-refractivity contribution in [3.8, 4) is 16.8 Å². The molecule has 236 valence electrons. The Morgan fingerprint density at radius 2 is 1.18 bits per heavy atom. The second kappa shape index (κ2) is 11.5. The van der Waals surface area contributed by atoms with Crippen LogP contribution in [0.3, 0.4) is 0 Å². The highest BCUT2D eigenvalue weighted by atomic mass is 16.3. The van der Waals surface area contributed by atoms with Crippen LogP contribution in [0.25, 0.3) is 65.9 Å². The summed E-state index contributed by atoms with van der Waals surface area (Å²) in [5, 5.41) is 9.57. The van der Waals surface area contributed by atoms with E-state index in [0.29, 0.717) is 11.7 Å². The Hall–Kier alpha value is -6.72. The minimum atomic E-state index is -0.386. The highest BCUT2D eigenvalue weighted by Crippen LogP contribution is 2.38. The van der Waals surface area contributed by atoms with Gasteiger partial charge >= 0.3 is 0 Å². The van der Waals surface area contributed by atoms with E-state index in [4.69, 9.17) is 19.7 Å². The minimum absolute atomic E-state index is 0.386. The van der Waals surface area contributed by atoms with Gasteiger partial charge in [0.05, 0.1) is 23.0 Å². The van der Waals surface area contributed by atoms with Crippen molar-refractivity contribution in [2.75, 3.05) is 0 Å². The Balaban J connectivity index is 1.07. The van der Waals surface area contributed by atoms with Crippen LogP contribution >= 0.6 is 0 Å². The normalized spacial score (nSPS) is 14.6. The number of aliphatic imine (C=N–C) groups is 2. The molecule has 2 aromatic heterocycles. The molecule has 50 heavy (non-hydrogen) atoms. The average molecular weight is 642 g/mol. The quantitative estimate of drug-likeness (QED) is 0.184. The van der Waals surface area contributed by atoms with Crippen LogP contribution in [0, 0.1) is 0 Å². The predicted molar refractivity (Wildman–Crippen MR) is 206 cm³/mol. The molecule has 0 spiro atoms. The van der Waals surface area contributed by atoms with Gasteiger partial charge in [-0.3, -0.25) is 4.99 Å². The third kappa shape index (κ3) is 4.71. The number of nitrogens with zero attached hydrogens (tertiary/aromatic N) is 4. The maximum absolute atomic E-state index is 6.48. The van der Waals surface area contributed by atoms with Crippen molar-refractivity contribution in [2.45, 2.75) is 6.17 Å². The molecule has 1 unspecified atom stereocenters. The maximum Gasteiger partial charge on any atom is 0.136 e. The Kier molecular flexibility index (Phi) is 6.49. The van der Waals surface area contributed by atoms with Crippen LogP contribution in [0.1, 0.15) is 22.9 Å². The summed E-state index contributed by atoms with van der Waals surface area (Å²) < 4.78 is 8.84. The zero-order chi connectivity index (χ0) is 33.0. The number of para-hydroxylation sites is 1. The molecule has 5 heteroatoms. The number of rotatable bonds is 5.